The molecule has 0 unspecified atom stereocenters. The summed E-state index contributed by atoms with van der Waals surface area (Å²) in [5, 5.41) is 0. The van der Waals surface area contributed by atoms with E-state index in [0.717, 1.165) is 6.42 Å². The van der Waals surface area contributed by atoms with Gasteiger partial charge in [-0.15, -0.1) is 0 Å². The van der Waals surface area contributed by atoms with Gasteiger partial charge in [-0.1, -0.05) is 200 Å². The van der Waals surface area contributed by atoms with Gasteiger partial charge in [-0.05, 0) is 0 Å². The van der Waals surface area contributed by atoms with E-state index < -0.39 is 0 Å². The van der Waals surface area contributed by atoms with Crippen LogP contribution in [0.2, 0.25) is 0 Å². The third-order valence-electron chi connectivity index (χ3n) is 7.60. The molecular weight excluding hydrogens is 419 g/mol. The minimum Gasteiger partial charge on any atom is -0.343 e. The predicted molar refractivity (Wildman–Crippen MR) is 154 cm³/mol. The minimum atomic E-state index is 0. The Morgan fingerprint density at radius 1 is 0.265 bits per heavy atom. The molecular formula is C33H67Na. The molecule has 0 spiro atoms. The maximum absolute atomic E-state index is 3.92. The number of hydrogen-bond donors (Lipinski definition) is 0. The first-order valence-corrected chi connectivity index (χ1v) is 16.2. The van der Waals surface area contributed by atoms with Gasteiger partial charge in [0.2, 0.25) is 0 Å². The smallest absolute Gasteiger partial charge is 0.343 e. The average molecular weight is 487 g/mol. The molecule has 0 saturated heterocycles. The van der Waals surface area contributed by atoms with Crippen molar-refractivity contribution in [1.82, 2.24) is 0 Å². The number of rotatable bonds is 30. The second-order valence-electron chi connectivity index (χ2n) is 11.1. The molecule has 0 aromatic heterocycles. The predicted octanol–water partition coefficient (Wildman–Crippen LogP) is 9.94. The van der Waals surface area contributed by atoms with Crippen molar-refractivity contribution >= 4 is 0 Å². The van der Waals surface area contributed by atoms with Crippen LogP contribution in [0.15, 0.2) is 0 Å². The van der Waals surface area contributed by atoms with Gasteiger partial charge < -0.3 is 6.92 Å². The van der Waals surface area contributed by atoms with Gasteiger partial charge in [0.1, 0.15) is 0 Å². The van der Waals surface area contributed by atoms with Gasteiger partial charge in [0.15, 0.2) is 0 Å². The molecule has 1 heteroatoms. The first-order chi connectivity index (χ1) is 16.4. The normalized spacial score (nSPS) is 11.1. The van der Waals surface area contributed by atoms with Crippen LogP contribution in [0.1, 0.15) is 206 Å². The Bertz CT molecular complexity index is 284. The molecule has 0 aliphatic rings. The summed E-state index contributed by atoms with van der Waals surface area (Å²) < 4.78 is 0. The summed E-state index contributed by atoms with van der Waals surface area (Å²) >= 11 is 0. The van der Waals surface area contributed by atoms with Gasteiger partial charge in [-0.25, -0.2) is 0 Å². The second kappa shape index (κ2) is 36.2. The Morgan fingerprint density at radius 2 is 0.412 bits per heavy atom. The van der Waals surface area contributed by atoms with Crippen LogP contribution in [-0.4, -0.2) is 0 Å². The van der Waals surface area contributed by atoms with Crippen molar-refractivity contribution in [3.05, 3.63) is 6.92 Å². The maximum Gasteiger partial charge on any atom is 1.00 e. The molecule has 200 valence electrons. The Balaban J connectivity index is 0. The van der Waals surface area contributed by atoms with E-state index in [-0.39, 0.29) is 29.6 Å². The molecule has 0 heterocycles. The SMILES string of the molecule is [CH2-]CCCCCCCCCCCCCCCCCCCCCCCCCCCCCCCC.[Na+]. The molecule has 0 amide bonds. The fourth-order valence-electron chi connectivity index (χ4n) is 5.20. The van der Waals surface area contributed by atoms with E-state index >= 15 is 0 Å². The molecule has 0 nitrogen and oxygen atoms in total. The van der Waals surface area contributed by atoms with Crippen LogP contribution in [0.3, 0.4) is 0 Å². The zero-order valence-electron chi connectivity index (χ0n) is 24.6. The van der Waals surface area contributed by atoms with Gasteiger partial charge >= 0.3 is 29.6 Å². The molecule has 0 N–H and O–H groups in total. The van der Waals surface area contributed by atoms with Crippen LogP contribution in [0.4, 0.5) is 0 Å². The van der Waals surface area contributed by atoms with Gasteiger partial charge in [-0.3, -0.25) is 0 Å². The summed E-state index contributed by atoms with van der Waals surface area (Å²) in [6.45, 7) is 6.23. The minimum absolute atomic E-state index is 0. The van der Waals surface area contributed by atoms with Gasteiger partial charge in [0.05, 0.1) is 0 Å². The van der Waals surface area contributed by atoms with E-state index in [1.165, 1.54) is 193 Å². The van der Waals surface area contributed by atoms with Crippen LogP contribution in [0.25, 0.3) is 0 Å². The van der Waals surface area contributed by atoms with E-state index in [0.29, 0.717) is 0 Å². The maximum atomic E-state index is 3.92. The van der Waals surface area contributed by atoms with Crippen molar-refractivity contribution in [1.29, 1.82) is 0 Å². The topological polar surface area (TPSA) is 0 Å². The summed E-state index contributed by atoms with van der Waals surface area (Å²) in [5.41, 5.74) is 0. The molecule has 0 saturated carbocycles. The molecule has 0 aliphatic heterocycles. The van der Waals surface area contributed by atoms with Crippen LogP contribution in [0, 0.1) is 6.92 Å². The molecule has 0 rings (SSSR count). The summed E-state index contributed by atoms with van der Waals surface area (Å²) in [4.78, 5) is 0. The Labute approximate surface area is 241 Å². The van der Waals surface area contributed by atoms with Crippen LogP contribution in [-0.2, 0) is 0 Å². The van der Waals surface area contributed by atoms with Crippen molar-refractivity contribution in [2.24, 2.45) is 0 Å². The van der Waals surface area contributed by atoms with Crippen molar-refractivity contribution in [3.63, 3.8) is 0 Å². The molecule has 0 atom stereocenters. The van der Waals surface area contributed by atoms with Gasteiger partial charge in [0.25, 0.3) is 0 Å². The van der Waals surface area contributed by atoms with Crippen molar-refractivity contribution in [2.75, 3.05) is 0 Å². The van der Waals surface area contributed by atoms with Crippen LogP contribution < -0.4 is 29.6 Å². The van der Waals surface area contributed by atoms with E-state index in [1.807, 2.05) is 0 Å². The molecule has 0 aromatic carbocycles. The van der Waals surface area contributed by atoms with Crippen LogP contribution >= 0.6 is 0 Å². The fourth-order valence-corrected chi connectivity index (χ4v) is 5.20. The van der Waals surface area contributed by atoms with E-state index in [2.05, 4.69) is 13.8 Å². The summed E-state index contributed by atoms with van der Waals surface area (Å²) in [7, 11) is 0. The van der Waals surface area contributed by atoms with Gasteiger partial charge in [0, 0.05) is 0 Å². The molecule has 0 aromatic rings. The van der Waals surface area contributed by atoms with E-state index in [1.54, 1.807) is 0 Å². The molecule has 0 fully saturated rings. The van der Waals surface area contributed by atoms with Crippen molar-refractivity contribution in [2.45, 2.75) is 206 Å². The summed E-state index contributed by atoms with van der Waals surface area (Å²) in [6, 6.07) is 0. The van der Waals surface area contributed by atoms with Gasteiger partial charge in [-0.2, -0.15) is 6.42 Å². The molecule has 0 radical (unpaired) electrons. The third-order valence-corrected chi connectivity index (χ3v) is 7.60. The molecule has 0 aliphatic carbocycles. The fraction of sp³-hybridized carbons (Fsp3) is 0.970. The molecule has 0 bridgehead atoms. The average Bonchev–Trinajstić information content (AvgIpc) is 2.83. The Kier molecular flexibility index (Phi) is 39.5. The first kappa shape index (κ1) is 37.2. The first-order valence-electron chi connectivity index (χ1n) is 16.2. The van der Waals surface area contributed by atoms with Crippen molar-refractivity contribution in [3.8, 4) is 0 Å². The largest absolute Gasteiger partial charge is 1.00 e. The summed E-state index contributed by atoms with van der Waals surface area (Å²) in [6.07, 6.45) is 45.3. The Hall–Kier alpha value is 1.00. The monoisotopic (exact) mass is 487 g/mol. The quantitative estimate of drug-likeness (QED) is 0.0538. The summed E-state index contributed by atoms with van der Waals surface area (Å²) in [5.74, 6) is 0. The second-order valence-corrected chi connectivity index (χ2v) is 11.1. The molecule has 34 heavy (non-hydrogen) atoms. The van der Waals surface area contributed by atoms with Crippen LogP contribution in [0.5, 0.6) is 0 Å². The number of unbranched alkanes of at least 4 members (excludes halogenated alkanes) is 30. The Morgan fingerprint density at radius 3 is 0.559 bits per heavy atom. The van der Waals surface area contributed by atoms with E-state index in [9.17, 15) is 0 Å². The van der Waals surface area contributed by atoms with E-state index in [4.69, 9.17) is 0 Å². The zero-order valence-corrected chi connectivity index (χ0v) is 26.6. The third kappa shape index (κ3) is 35.2. The standard InChI is InChI=1S/C33H67.Na/c1-3-5-7-9-11-13-15-17-19-21-23-25-27-29-31-33-32-30-28-26-24-22-20-18-16-14-12-10-8-6-4-2;/h1,3-33H2,2H3;/q-1;+1. The number of hydrogen-bond acceptors (Lipinski definition) is 0. The zero-order chi connectivity index (χ0) is 23.9. The van der Waals surface area contributed by atoms with Crippen molar-refractivity contribution < 1.29 is 29.6 Å².